The summed E-state index contributed by atoms with van der Waals surface area (Å²) < 4.78 is 6.52. The minimum absolute atomic E-state index is 0.0254. The molecule has 140 valence electrons. The van der Waals surface area contributed by atoms with Crippen molar-refractivity contribution in [1.82, 2.24) is 9.55 Å². The van der Waals surface area contributed by atoms with Crippen molar-refractivity contribution in [3.8, 4) is 11.6 Å². The maximum atomic E-state index is 12.2. The lowest BCUT2D eigenvalue weighted by Gasteiger charge is -2.13. The highest BCUT2D eigenvalue weighted by molar-refractivity contribution is 7.99. The number of hydrogen-bond acceptors (Lipinski definition) is 6. The molecule has 26 heavy (non-hydrogen) atoms. The van der Waals surface area contributed by atoms with Crippen LogP contribution in [0.25, 0.3) is 0 Å². The first-order valence-electron chi connectivity index (χ1n) is 7.87. The third kappa shape index (κ3) is 5.40. The minimum atomic E-state index is -0.361. The van der Waals surface area contributed by atoms with Crippen LogP contribution in [-0.4, -0.2) is 33.4 Å². The van der Waals surface area contributed by atoms with E-state index in [4.69, 9.17) is 16.3 Å². The van der Waals surface area contributed by atoms with Crippen LogP contribution in [0.1, 0.15) is 13.8 Å². The molecule has 0 aliphatic rings. The van der Waals surface area contributed by atoms with Gasteiger partial charge in [-0.2, -0.15) is 4.98 Å². The number of nitrogens with zero attached hydrogens (tertiary/aromatic N) is 2. The lowest BCUT2D eigenvalue weighted by atomic mass is 10.2. The van der Waals surface area contributed by atoms with Crippen LogP contribution in [0.3, 0.4) is 0 Å². The number of nitrogens with one attached hydrogen (secondary N) is 1. The zero-order valence-electron chi connectivity index (χ0n) is 14.7. The molecule has 1 amide bonds. The number of carbonyl (C=O) groups excluding carboxylic acids is 1. The van der Waals surface area contributed by atoms with E-state index in [1.54, 1.807) is 18.2 Å². The van der Waals surface area contributed by atoms with E-state index in [9.17, 15) is 14.7 Å². The number of thioether (sulfide) groups is 1. The zero-order chi connectivity index (χ0) is 19.3. The van der Waals surface area contributed by atoms with Crippen LogP contribution in [0.2, 0.25) is 5.02 Å². The highest BCUT2D eigenvalue weighted by Crippen LogP contribution is 2.27. The lowest BCUT2D eigenvalue weighted by Crippen LogP contribution is -2.25. The Kier molecular flexibility index (Phi) is 6.93. The number of aromatic hydroxyl groups is 1. The van der Waals surface area contributed by atoms with Gasteiger partial charge in [0.2, 0.25) is 11.8 Å². The molecule has 1 aromatic carbocycles. The Morgan fingerprint density at radius 1 is 1.42 bits per heavy atom. The van der Waals surface area contributed by atoms with Gasteiger partial charge in [-0.05, 0) is 24.1 Å². The van der Waals surface area contributed by atoms with Crippen LogP contribution in [-0.2, 0) is 11.3 Å². The number of rotatable bonds is 7. The number of amides is 1. The fraction of sp³-hybridized carbons (Fsp3) is 0.353. The van der Waals surface area contributed by atoms with Crippen molar-refractivity contribution in [3.63, 3.8) is 0 Å². The molecule has 0 fully saturated rings. The summed E-state index contributed by atoms with van der Waals surface area (Å²) in [7, 11) is 1.51. The summed E-state index contributed by atoms with van der Waals surface area (Å²) in [6.45, 7) is 4.38. The molecule has 0 aliphatic heterocycles. The molecular formula is C17H20ClN3O4S. The first kappa shape index (κ1) is 20.1. The average molecular weight is 398 g/mol. The second-order valence-electron chi connectivity index (χ2n) is 5.93. The van der Waals surface area contributed by atoms with Crippen LogP contribution >= 0.6 is 23.4 Å². The predicted molar refractivity (Wildman–Crippen MR) is 102 cm³/mol. The zero-order valence-corrected chi connectivity index (χ0v) is 16.2. The number of ether oxygens (including phenoxy) is 1. The molecule has 2 rings (SSSR count). The van der Waals surface area contributed by atoms with Crippen molar-refractivity contribution in [1.29, 1.82) is 0 Å². The quantitative estimate of drug-likeness (QED) is 0.551. The fourth-order valence-electron chi connectivity index (χ4n) is 2.19. The summed E-state index contributed by atoms with van der Waals surface area (Å²) in [4.78, 5) is 28.2. The molecule has 0 spiro atoms. The molecule has 0 saturated carbocycles. The van der Waals surface area contributed by atoms with Crippen LogP contribution in [0.5, 0.6) is 11.6 Å². The van der Waals surface area contributed by atoms with Crippen LogP contribution in [0, 0.1) is 5.92 Å². The normalized spacial score (nSPS) is 10.8. The minimum Gasteiger partial charge on any atom is -0.495 e. The summed E-state index contributed by atoms with van der Waals surface area (Å²) >= 11 is 7.11. The predicted octanol–water partition coefficient (Wildman–Crippen LogP) is 3.00. The van der Waals surface area contributed by atoms with Gasteiger partial charge in [0.15, 0.2) is 5.16 Å². The maximum Gasteiger partial charge on any atom is 0.257 e. The Morgan fingerprint density at radius 2 is 2.15 bits per heavy atom. The van der Waals surface area contributed by atoms with E-state index in [2.05, 4.69) is 10.3 Å². The number of carbonyl (C=O) groups is 1. The van der Waals surface area contributed by atoms with Crippen molar-refractivity contribution in [2.45, 2.75) is 25.5 Å². The molecule has 7 nitrogen and oxygen atoms in total. The third-order valence-electron chi connectivity index (χ3n) is 3.28. The second-order valence-corrected chi connectivity index (χ2v) is 7.28. The molecular weight excluding hydrogens is 378 g/mol. The van der Waals surface area contributed by atoms with Crippen molar-refractivity contribution in [2.75, 3.05) is 18.2 Å². The number of halogens is 1. The molecule has 1 aromatic heterocycles. The van der Waals surface area contributed by atoms with Crippen LogP contribution < -0.4 is 15.6 Å². The Hall–Kier alpha value is -2.19. The summed E-state index contributed by atoms with van der Waals surface area (Å²) in [5.41, 5.74) is 0.181. The van der Waals surface area contributed by atoms with E-state index >= 15 is 0 Å². The molecule has 0 radical (unpaired) electrons. The van der Waals surface area contributed by atoms with E-state index in [0.717, 1.165) is 17.8 Å². The van der Waals surface area contributed by atoms with E-state index in [1.807, 2.05) is 13.8 Å². The molecule has 0 aliphatic carbocycles. The van der Waals surface area contributed by atoms with E-state index < -0.39 is 0 Å². The van der Waals surface area contributed by atoms with Crippen molar-refractivity contribution in [2.24, 2.45) is 5.92 Å². The Labute approximate surface area is 160 Å². The Balaban J connectivity index is 2.07. The molecule has 0 bridgehead atoms. The van der Waals surface area contributed by atoms with Gasteiger partial charge in [0.1, 0.15) is 5.75 Å². The van der Waals surface area contributed by atoms with Crippen LogP contribution in [0.4, 0.5) is 5.69 Å². The smallest absolute Gasteiger partial charge is 0.257 e. The van der Waals surface area contributed by atoms with Crippen molar-refractivity contribution in [3.05, 3.63) is 39.6 Å². The first-order valence-corrected chi connectivity index (χ1v) is 9.23. The maximum absolute atomic E-state index is 12.2. The molecule has 9 heteroatoms. The second kappa shape index (κ2) is 8.95. The van der Waals surface area contributed by atoms with E-state index in [0.29, 0.717) is 28.2 Å². The standard InChI is InChI=1S/C17H20ClN3O4S/c1-10(2)8-21-16(24)7-14(22)20-17(21)26-9-15(23)19-11-4-5-13(25-3)12(18)6-11/h4-7,10,22H,8-9H2,1-3H3,(H,19,23). The SMILES string of the molecule is COc1ccc(NC(=O)CSc2nc(O)cc(=O)n2CC(C)C)cc1Cl. The summed E-state index contributed by atoms with van der Waals surface area (Å²) in [5.74, 6) is 0.108. The van der Waals surface area contributed by atoms with E-state index in [1.165, 1.54) is 11.7 Å². The number of benzene rings is 1. The monoisotopic (exact) mass is 397 g/mol. The molecule has 2 N–H and O–H groups in total. The molecule has 0 unspecified atom stereocenters. The number of hydrogen-bond donors (Lipinski definition) is 2. The fourth-order valence-corrected chi connectivity index (χ4v) is 3.26. The summed E-state index contributed by atoms with van der Waals surface area (Å²) in [5, 5.41) is 13.0. The highest BCUT2D eigenvalue weighted by Gasteiger charge is 2.13. The Morgan fingerprint density at radius 3 is 2.77 bits per heavy atom. The molecule has 1 heterocycles. The largest absolute Gasteiger partial charge is 0.495 e. The molecule has 0 saturated heterocycles. The highest BCUT2D eigenvalue weighted by atomic mass is 35.5. The Bertz CT molecular complexity index is 854. The van der Waals surface area contributed by atoms with Crippen LogP contribution in [0.15, 0.2) is 34.2 Å². The van der Waals surface area contributed by atoms with Gasteiger partial charge in [-0.1, -0.05) is 37.2 Å². The third-order valence-corrected chi connectivity index (χ3v) is 4.55. The van der Waals surface area contributed by atoms with Gasteiger partial charge in [0.05, 0.1) is 24.0 Å². The van der Waals surface area contributed by atoms with Crippen molar-refractivity contribution >= 4 is 35.0 Å². The van der Waals surface area contributed by atoms with Gasteiger partial charge in [-0.3, -0.25) is 14.2 Å². The van der Waals surface area contributed by atoms with Crippen molar-refractivity contribution < 1.29 is 14.6 Å². The first-order chi connectivity index (χ1) is 12.3. The summed E-state index contributed by atoms with van der Waals surface area (Å²) in [6, 6.07) is 5.98. The van der Waals surface area contributed by atoms with Gasteiger partial charge < -0.3 is 15.2 Å². The lowest BCUT2D eigenvalue weighted by molar-refractivity contribution is -0.113. The van der Waals surface area contributed by atoms with E-state index in [-0.39, 0.29) is 29.0 Å². The van der Waals surface area contributed by atoms with Gasteiger partial charge in [0, 0.05) is 12.2 Å². The number of anilines is 1. The van der Waals surface area contributed by atoms with Gasteiger partial charge >= 0.3 is 0 Å². The topological polar surface area (TPSA) is 93.5 Å². The molecule has 2 aromatic rings. The number of methoxy groups -OCH3 is 1. The van der Waals surface area contributed by atoms with Gasteiger partial charge in [-0.25, -0.2) is 0 Å². The summed E-state index contributed by atoms with van der Waals surface area (Å²) in [6.07, 6.45) is 0. The van der Waals surface area contributed by atoms with Gasteiger partial charge in [0.25, 0.3) is 5.56 Å². The molecule has 0 atom stereocenters. The average Bonchev–Trinajstić information content (AvgIpc) is 2.55. The van der Waals surface area contributed by atoms with Gasteiger partial charge in [-0.15, -0.1) is 0 Å². The number of aromatic nitrogens is 2.